The van der Waals surface area contributed by atoms with Crippen molar-refractivity contribution in [3.05, 3.63) is 89.8 Å². The van der Waals surface area contributed by atoms with Crippen LogP contribution in [0.1, 0.15) is 17.5 Å². The zero-order valence-corrected chi connectivity index (χ0v) is 14.8. The average molecular weight is 357 g/mol. The maximum atomic E-state index is 6.08. The minimum absolute atomic E-state index is 0.0192. The van der Waals surface area contributed by atoms with Gasteiger partial charge in [-0.05, 0) is 34.9 Å². The average Bonchev–Trinajstić information content (AvgIpc) is 3.20. The summed E-state index contributed by atoms with van der Waals surface area (Å²) in [7, 11) is 0. The molecule has 1 unspecified atom stereocenters. The number of fused-ring (bicyclic) bond motifs is 2. The third kappa shape index (κ3) is 3.09. The summed E-state index contributed by atoms with van der Waals surface area (Å²) in [4.78, 5) is 4.59. The molecule has 4 heteroatoms. The first-order valence-corrected chi connectivity index (χ1v) is 9.08. The molecule has 1 aliphatic heterocycles. The molecule has 2 aromatic carbocycles. The van der Waals surface area contributed by atoms with E-state index in [1.54, 1.807) is 0 Å². The Bertz CT molecular complexity index is 1040. The van der Waals surface area contributed by atoms with Gasteiger partial charge in [0.1, 0.15) is 29.7 Å². The standard InChI is InChI=1S/C23H19NO3/c1-2-5-16(6-3-1)14-25-21-11-9-18(19-7-4-12-24-23(19)21)17-8-10-20-22(13-17)27-15-26-20/h1-12,22H,13-15H2. The van der Waals surface area contributed by atoms with Crippen molar-refractivity contribution >= 4 is 16.5 Å². The van der Waals surface area contributed by atoms with Crippen LogP contribution in [0.25, 0.3) is 16.5 Å². The maximum absolute atomic E-state index is 6.08. The van der Waals surface area contributed by atoms with Crippen LogP contribution in [0.4, 0.5) is 0 Å². The van der Waals surface area contributed by atoms with Crippen molar-refractivity contribution in [2.24, 2.45) is 0 Å². The molecule has 0 radical (unpaired) electrons. The lowest BCUT2D eigenvalue weighted by Crippen LogP contribution is -2.11. The number of rotatable bonds is 4. The second kappa shape index (κ2) is 6.89. The minimum Gasteiger partial charge on any atom is -0.487 e. The number of pyridine rings is 1. The molecule has 2 aliphatic rings. The van der Waals surface area contributed by atoms with E-state index in [2.05, 4.69) is 35.3 Å². The summed E-state index contributed by atoms with van der Waals surface area (Å²) in [5.41, 5.74) is 4.40. The van der Waals surface area contributed by atoms with E-state index in [0.717, 1.165) is 40.0 Å². The van der Waals surface area contributed by atoms with E-state index in [1.807, 2.05) is 42.6 Å². The highest BCUT2D eigenvalue weighted by atomic mass is 16.7. The molecule has 0 saturated carbocycles. The zero-order chi connectivity index (χ0) is 18.1. The molecule has 4 nitrogen and oxygen atoms in total. The van der Waals surface area contributed by atoms with Gasteiger partial charge in [0.25, 0.3) is 0 Å². The molecule has 3 aromatic rings. The summed E-state index contributed by atoms with van der Waals surface area (Å²) in [6, 6.07) is 18.4. The third-order valence-corrected chi connectivity index (χ3v) is 4.98. The van der Waals surface area contributed by atoms with Crippen molar-refractivity contribution in [1.82, 2.24) is 4.98 Å². The lowest BCUT2D eigenvalue weighted by atomic mass is 9.92. The lowest BCUT2D eigenvalue weighted by molar-refractivity contribution is 0.0515. The largest absolute Gasteiger partial charge is 0.487 e. The van der Waals surface area contributed by atoms with Gasteiger partial charge in [-0.1, -0.05) is 48.5 Å². The minimum atomic E-state index is 0.0192. The second-order valence-electron chi connectivity index (χ2n) is 6.67. The van der Waals surface area contributed by atoms with Gasteiger partial charge < -0.3 is 14.2 Å². The Kier molecular flexibility index (Phi) is 4.11. The van der Waals surface area contributed by atoms with Gasteiger partial charge >= 0.3 is 0 Å². The van der Waals surface area contributed by atoms with Gasteiger partial charge in [-0.25, -0.2) is 0 Å². The van der Waals surface area contributed by atoms with Crippen LogP contribution in [0.5, 0.6) is 5.75 Å². The smallest absolute Gasteiger partial charge is 0.189 e. The molecular formula is C23H19NO3. The lowest BCUT2D eigenvalue weighted by Gasteiger charge is -2.18. The Morgan fingerprint density at radius 2 is 1.93 bits per heavy atom. The predicted octanol–water partition coefficient (Wildman–Crippen LogP) is 4.86. The van der Waals surface area contributed by atoms with E-state index in [-0.39, 0.29) is 6.10 Å². The summed E-state index contributed by atoms with van der Waals surface area (Å²) in [5.74, 6) is 1.72. The monoisotopic (exact) mass is 357 g/mol. The van der Waals surface area contributed by atoms with E-state index in [1.165, 1.54) is 5.57 Å². The van der Waals surface area contributed by atoms with Gasteiger partial charge in [0.05, 0.1) is 0 Å². The summed E-state index contributed by atoms with van der Waals surface area (Å²) < 4.78 is 17.2. The van der Waals surface area contributed by atoms with Crippen LogP contribution in [0.3, 0.4) is 0 Å². The number of aromatic nitrogens is 1. The quantitative estimate of drug-likeness (QED) is 0.669. The molecule has 5 rings (SSSR count). The van der Waals surface area contributed by atoms with Gasteiger partial charge in [0.2, 0.25) is 0 Å². The van der Waals surface area contributed by atoms with E-state index in [4.69, 9.17) is 14.2 Å². The Balaban J connectivity index is 1.49. The van der Waals surface area contributed by atoms with Crippen molar-refractivity contribution < 1.29 is 14.2 Å². The van der Waals surface area contributed by atoms with E-state index >= 15 is 0 Å². The summed E-state index contributed by atoms with van der Waals surface area (Å²) in [6.45, 7) is 0.861. The zero-order valence-electron chi connectivity index (χ0n) is 14.8. The second-order valence-corrected chi connectivity index (χ2v) is 6.67. The van der Waals surface area contributed by atoms with Crippen LogP contribution in [-0.2, 0) is 16.1 Å². The highest BCUT2D eigenvalue weighted by molar-refractivity contribution is 5.95. The first-order valence-electron chi connectivity index (χ1n) is 9.08. The first kappa shape index (κ1) is 16.1. The molecule has 0 N–H and O–H groups in total. The molecule has 1 saturated heterocycles. The molecule has 1 atom stereocenters. The fourth-order valence-electron chi connectivity index (χ4n) is 3.60. The van der Waals surface area contributed by atoms with Crippen LogP contribution in [0.15, 0.2) is 78.7 Å². The Morgan fingerprint density at radius 1 is 1.00 bits per heavy atom. The van der Waals surface area contributed by atoms with Crippen LogP contribution in [0, 0.1) is 0 Å². The van der Waals surface area contributed by atoms with Crippen LogP contribution in [-0.4, -0.2) is 17.9 Å². The normalized spacial score (nSPS) is 18.4. The highest BCUT2D eigenvalue weighted by Crippen LogP contribution is 2.37. The van der Waals surface area contributed by atoms with Crippen molar-refractivity contribution in [3.63, 3.8) is 0 Å². The van der Waals surface area contributed by atoms with E-state index < -0.39 is 0 Å². The van der Waals surface area contributed by atoms with E-state index in [9.17, 15) is 0 Å². The molecule has 0 bridgehead atoms. The fraction of sp³-hybridized carbons (Fsp3) is 0.174. The highest BCUT2D eigenvalue weighted by Gasteiger charge is 2.28. The molecule has 1 aromatic heterocycles. The van der Waals surface area contributed by atoms with Crippen molar-refractivity contribution in [3.8, 4) is 5.75 Å². The Morgan fingerprint density at radius 3 is 2.85 bits per heavy atom. The summed E-state index contributed by atoms with van der Waals surface area (Å²) in [5, 5.41) is 1.09. The predicted molar refractivity (Wildman–Crippen MR) is 104 cm³/mol. The van der Waals surface area contributed by atoms with Crippen LogP contribution < -0.4 is 4.74 Å². The van der Waals surface area contributed by atoms with Crippen molar-refractivity contribution in [2.45, 2.75) is 19.1 Å². The molecule has 134 valence electrons. The Hall–Kier alpha value is -3.11. The van der Waals surface area contributed by atoms with Gasteiger partial charge in [-0.3, -0.25) is 4.98 Å². The number of benzene rings is 2. The molecule has 1 aliphatic carbocycles. The number of ether oxygens (including phenoxy) is 3. The van der Waals surface area contributed by atoms with E-state index in [0.29, 0.717) is 13.4 Å². The molecule has 0 amide bonds. The number of nitrogens with zero attached hydrogens (tertiary/aromatic N) is 1. The summed E-state index contributed by atoms with van der Waals surface area (Å²) in [6.07, 6.45) is 6.76. The number of hydrogen-bond acceptors (Lipinski definition) is 4. The fourth-order valence-corrected chi connectivity index (χ4v) is 3.60. The third-order valence-electron chi connectivity index (χ3n) is 4.98. The van der Waals surface area contributed by atoms with Gasteiger partial charge in [0, 0.05) is 18.0 Å². The van der Waals surface area contributed by atoms with Crippen LogP contribution >= 0.6 is 0 Å². The number of hydrogen-bond donors (Lipinski definition) is 0. The molecular weight excluding hydrogens is 338 g/mol. The SMILES string of the molecule is C1=C(c2ccc(OCc3ccccc3)c3ncccc23)CC2OCOC2=C1. The number of allylic oxidation sites excluding steroid dienone is 2. The topological polar surface area (TPSA) is 40.6 Å². The first-order chi connectivity index (χ1) is 13.4. The molecule has 0 spiro atoms. The molecule has 2 heterocycles. The Labute approximate surface area is 157 Å². The molecule has 1 fully saturated rings. The maximum Gasteiger partial charge on any atom is 0.189 e. The van der Waals surface area contributed by atoms with Crippen molar-refractivity contribution in [1.29, 1.82) is 0 Å². The van der Waals surface area contributed by atoms with Gasteiger partial charge in [0.15, 0.2) is 6.79 Å². The van der Waals surface area contributed by atoms with Crippen LogP contribution in [0.2, 0.25) is 0 Å². The van der Waals surface area contributed by atoms with Gasteiger partial charge in [-0.15, -0.1) is 0 Å². The van der Waals surface area contributed by atoms with Gasteiger partial charge in [-0.2, -0.15) is 0 Å². The summed E-state index contributed by atoms with van der Waals surface area (Å²) >= 11 is 0. The van der Waals surface area contributed by atoms with Crippen molar-refractivity contribution in [2.75, 3.05) is 6.79 Å². The molecule has 27 heavy (non-hydrogen) atoms.